The number of nitrogens with one attached hydrogen (secondary N) is 1. The van der Waals surface area contributed by atoms with Gasteiger partial charge >= 0.3 is 6.36 Å². The summed E-state index contributed by atoms with van der Waals surface area (Å²) in [6.45, 7) is 0. The highest BCUT2D eigenvalue weighted by Gasteiger charge is 2.30. The van der Waals surface area contributed by atoms with Crippen molar-refractivity contribution >= 4 is 5.95 Å². The number of anilines is 1. The van der Waals surface area contributed by atoms with Crippen molar-refractivity contribution < 1.29 is 17.9 Å². The highest BCUT2D eigenvalue weighted by atomic mass is 19.4. The second-order valence-corrected chi connectivity index (χ2v) is 4.79. The Labute approximate surface area is 119 Å². The number of hydrogen-bond acceptors (Lipinski definition) is 4. The number of hydrogen-bond donors (Lipinski definition) is 1. The lowest BCUT2D eigenvalue weighted by Crippen LogP contribution is -2.16. The molecule has 0 spiro atoms. The number of halogens is 3. The van der Waals surface area contributed by atoms with Crippen molar-refractivity contribution in [3.63, 3.8) is 0 Å². The summed E-state index contributed by atoms with van der Waals surface area (Å²) >= 11 is 0. The Bertz CT molecular complexity index is 607. The third-order valence-electron chi connectivity index (χ3n) is 2.98. The van der Waals surface area contributed by atoms with E-state index in [1.165, 1.54) is 24.3 Å². The van der Waals surface area contributed by atoms with Crippen LogP contribution in [0.25, 0.3) is 11.1 Å². The highest BCUT2D eigenvalue weighted by molar-refractivity contribution is 5.62. The minimum atomic E-state index is -4.68. The lowest BCUT2D eigenvalue weighted by molar-refractivity contribution is -0.274. The molecule has 0 bridgehead atoms. The van der Waals surface area contributed by atoms with Crippen LogP contribution < -0.4 is 10.1 Å². The molecule has 110 valence electrons. The molecule has 2 aromatic rings. The summed E-state index contributed by atoms with van der Waals surface area (Å²) in [5.41, 5.74) is 1.46. The van der Waals surface area contributed by atoms with Crippen molar-refractivity contribution in [1.82, 2.24) is 9.97 Å². The average molecular weight is 295 g/mol. The number of benzene rings is 1. The quantitative estimate of drug-likeness (QED) is 0.936. The maximum absolute atomic E-state index is 12.1. The molecule has 4 nitrogen and oxygen atoms in total. The first-order chi connectivity index (χ1) is 9.99. The number of aromatic nitrogens is 2. The summed E-state index contributed by atoms with van der Waals surface area (Å²) in [4.78, 5) is 8.37. The zero-order valence-electron chi connectivity index (χ0n) is 10.9. The Hall–Kier alpha value is -2.31. The molecule has 7 heteroatoms. The number of alkyl halides is 3. The van der Waals surface area contributed by atoms with E-state index in [4.69, 9.17) is 0 Å². The van der Waals surface area contributed by atoms with E-state index < -0.39 is 6.36 Å². The van der Waals surface area contributed by atoms with Crippen LogP contribution in [-0.2, 0) is 0 Å². The van der Waals surface area contributed by atoms with E-state index in [0.29, 0.717) is 12.0 Å². The maximum Gasteiger partial charge on any atom is 0.573 e. The molecule has 1 aliphatic carbocycles. The van der Waals surface area contributed by atoms with Gasteiger partial charge in [0.05, 0.1) is 0 Å². The average Bonchev–Trinajstić information content (AvgIpc) is 3.23. The largest absolute Gasteiger partial charge is 0.573 e. The van der Waals surface area contributed by atoms with Crippen LogP contribution in [0.15, 0.2) is 36.7 Å². The van der Waals surface area contributed by atoms with E-state index >= 15 is 0 Å². The SMILES string of the molecule is FC(F)(F)Oc1ccc(-c2cnc(NC3CC3)nc2)cc1. The molecule has 0 unspecified atom stereocenters. The van der Waals surface area contributed by atoms with Crippen LogP contribution in [0, 0.1) is 0 Å². The van der Waals surface area contributed by atoms with Gasteiger partial charge in [0, 0.05) is 24.0 Å². The van der Waals surface area contributed by atoms with Crippen LogP contribution in [0.4, 0.5) is 19.1 Å². The fourth-order valence-corrected chi connectivity index (χ4v) is 1.81. The van der Waals surface area contributed by atoms with Gasteiger partial charge in [-0.1, -0.05) is 12.1 Å². The first-order valence-corrected chi connectivity index (χ1v) is 6.44. The van der Waals surface area contributed by atoms with Crippen molar-refractivity contribution in [3.05, 3.63) is 36.7 Å². The third-order valence-corrected chi connectivity index (χ3v) is 2.98. The molecule has 1 N–H and O–H groups in total. The van der Waals surface area contributed by atoms with Crippen LogP contribution in [0.3, 0.4) is 0 Å². The van der Waals surface area contributed by atoms with Gasteiger partial charge in [-0.25, -0.2) is 9.97 Å². The fraction of sp³-hybridized carbons (Fsp3) is 0.286. The van der Waals surface area contributed by atoms with Crippen LogP contribution in [-0.4, -0.2) is 22.4 Å². The second kappa shape index (κ2) is 5.23. The fourth-order valence-electron chi connectivity index (χ4n) is 1.81. The molecule has 1 fully saturated rings. The second-order valence-electron chi connectivity index (χ2n) is 4.79. The Balaban J connectivity index is 1.70. The summed E-state index contributed by atoms with van der Waals surface area (Å²) in [6, 6.07) is 6.06. The van der Waals surface area contributed by atoms with Gasteiger partial charge in [0.15, 0.2) is 0 Å². The first kappa shape index (κ1) is 13.7. The topological polar surface area (TPSA) is 47.0 Å². The minimum Gasteiger partial charge on any atom is -0.406 e. The molecular formula is C14H12F3N3O. The molecule has 3 rings (SSSR count). The molecule has 1 heterocycles. The van der Waals surface area contributed by atoms with Crippen molar-refractivity contribution in [2.24, 2.45) is 0 Å². The summed E-state index contributed by atoms with van der Waals surface area (Å²) in [5.74, 6) is 0.317. The molecule has 0 atom stereocenters. The summed E-state index contributed by atoms with van der Waals surface area (Å²) in [5, 5.41) is 3.16. The molecule has 0 saturated heterocycles. The molecular weight excluding hydrogens is 283 g/mol. The van der Waals surface area contributed by atoms with Crippen LogP contribution >= 0.6 is 0 Å². The van der Waals surface area contributed by atoms with Gasteiger partial charge in [0.25, 0.3) is 0 Å². The van der Waals surface area contributed by atoms with Crippen molar-refractivity contribution in [2.45, 2.75) is 25.2 Å². The minimum absolute atomic E-state index is 0.251. The predicted molar refractivity (Wildman–Crippen MR) is 70.8 cm³/mol. The van der Waals surface area contributed by atoms with E-state index in [2.05, 4.69) is 20.0 Å². The molecule has 0 radical (unpaired) electrons. The molecule has 0 aliphatic heterocycles. The summed E-state index contributed by atoms with van der Waals surface area (Å²) in [7, 11) is 0. The van der Waals surface area contributed by atoms with Gasteiger partial charge in [-0.15, -0.1) is 13.2 Å². The standard InChI is InChI=1S/C14H12F3N3O/c15-14(16,17)21-12-5-1-9(2-6-12)10-7-18-13(19-8-10)20-11-3-4-11/h1-2,5-8,11H,3-4H2,(H,18,19,20). The predicted octanol–water partition coefficient (Wildman–Crippen LogP) is 3.62. The molecule has 1 saturated carbocycles. The van der Waals surface area contributed by atoms with E-state index in [9.17, 15) is 13.2 Å². The van der Waals surface area contributed by atoms with Gasteiger partial charge in [0.1, 0.15) is 5.75 Å². The van der Waals surface area contributed by atoms with Gasteiger partial charge in [-0.2, -0.15) is 0 Å². The van der Waals surface area contributed by atoms with Crippen LogP contribution in [0.2, 0.25) is 0 Å². The monoisotopic (exact) mass is 295 g/mol. The van der Waals surface area contributed by atoms with Crippen LogP contribution in [0.5, 0.6) is 5.75 Å². The smallest absolute Gasteiger partial charge is 0.406 e. The number of rotatable bonds is 4. The van der Waals surface area contributed by atoms with E-state index in [0.717, 1.165) is 24.0 Å². The summed E-state index contributed by atoms with van der Waals surface area (Å²) < 4.78 is 40.0. The molecule has 1 aliphatic rings. The molecule has 0 amide bonds. The zero-order valence-corrected chi connectivity index (χ0v) is 10.9. The third kappa shape index (κ3) is 3.84. The lowest BCUT2D eigenvalue weighted by atomic mass is 10.1. The zero-order chi connectivity index (χ0) is 14.9. The van der Waals surface area contributed by atoms with E-state index in [1.54, 1.807) is 12.4 Å². The van der Waals surface area contributed by atoms with Crippen LogP contribution in [0.1, 0.15) is 12.8 Å². The van der Waals surface area contributed by atoms with Gasteiger partial charge in [-0.3, -0.25) is 0 Å². The van der Waals surface area contributed by atoms with E-state index in [1.807, 2.05) is 0 Å². The van der Waals surface area contributed by atoms with Gasteiger partial charge in [0.2, 0.25) is 5.95 Å². The Kier molecular flexibility index (Phi) is 3.40. The number of ether oxygens (including phenoxy) is 1. The molecule has 1 aromatic heterocycles. The molecule has 1 aromatic carbocycles. The number of nitrogens with zero attached hydrogens (tertiary/aromatic N) is 2. The van der Waals surface area contributed by atoms with Crippen molar-refractivity contribution in [2.75, 3.05) is 5.32 Å². The summed E-state index contributed by atoms with van der Waals surface area (Å²) in [6.07, 6.45) is 0.854. The highest BCUT2D eigenvalue weighted by Crippen LogP contribution is 2.27. The van der Waals surface area contributed by atoms with Gasteiger partial charge < -0.3 is 10.1 Å². The van der Waals surface area contributed by atoms with E-state index in [-0.39, 0.29) is 5.75 Å². The van der Waals surface area contributed by atoms with Crippen molar-refractivity contribution in [3.8, 4) is 16.9 Å². The lowest BCUT2D eigenvalue weighted by Gasteiger charge is -2.09. The van der Waals surface area contributed by atoms with Gasteiger partial charge in [-0.05, 0) is 30.5 Å². The Morgan fingerprint density at radius 2 is 1.62 bits per heavy atom. The Morgan fingerprint density at radius 3 is 2.14 bits per heavy atom. The normalized spacial score (nSPS) is 14.8. The van der Waals surface area contributed by atoms with Crippen molar-refractivity contribution in [1.29, 1.82) is 0 Å². The Morgan fingerprint density at radius 1 is 1.00 bits per heavy atom. The first-order valence-electron chi connectivity index (χ1n) is 6.44. The molecule has 21 heavy (non-hydrogen) atoms. The maximum atomic E-state index is 12.1.